The number of benzene rings is 1. The highest BCUT2D eigenvalue weighted by Gasteiger charge is 2.19. The molecule has 1 aliphatic rings. The Hall–Kier alpha value is -0.580. The number of nitrogens with zero attached hydrogens (tertiary/aromatic N) is 1. The molecule has 1 N–H and O–H groups in total. The van der Waals surface area contributed by atoms with Crippen molar-refractivity contribution in [2.24, 2.45) is 5.92 Å². The molecule has 1 aromatic heterocycles. The van der Waals surface area contributed by atoms with Gasteiger partial charge in [0.25, 0.3) is 0 Å². The van der Waals surface area contributed by atoms with E-state index in [1.807, 2.05) is 18.2 Å². The minimum absolute atomic E-state index is 0.180. The Labute approximate surface area is 122 Å². The predicted octanol–water partition coefficient (Wildman–Crippen LogP) is 4.33. The molecular weight excluding hydrogens is 274 g/mol. The molecule has 2 aromatic rings. The van der Waals surface area contributed by atoms with E-state index in [0.29, 0.717) is 0 Å². The third-order valence-electron chi connectivity index (χ3n) is 3.75. The van der Waals surface area contributed by atoms with Crippen LogP contribution in [0.1, 0.15) is 32.1 Å². The smallest absolute Gasteiger partial charge is 0.151 e. The highest BCUT2D eigenvalue weighted by atomic mass is 32.2. The summed E-state index contributed by atoms with van der Waals surface area (Å²) in [5.74, 6) is 1.53. The number of aliphatic hydroxyl groups excluding tert-OH is 1. The van der Waals surface area contributed by atoms with E-state index >= 15 is 0 Å². The number of thioether (sulfide) groups is 1. The van der Waals surface area contributed by atoms with E-state index < -0.39 is 0 Å². The van der Waals surface area contributed by atoms with Gasteiger partial charge in [0.1, 0.15) is 0 Å². The summed E-state index contributed by atoms with van der Waals surface area (Å²) in [6.07, 6.45) is 6.11. The highest BCUT2D eigenvalue weighted by Crippen LogP contribution is 2.32. The standard InChI is InChI=1S/C15H19NOS2/c17-12(9-11-5-1-2-6-11)10-18-15-16-13-7-3-4-8-14(13)19-15/h3-4,7-8,11-12,17H,1-2,5-6,9-10H2. The number of hydrogen-bond acceptors (Lipinski definition) is 4. The summed E-state index contributed by atoms with van der Waals surface area (Å²) in [5.41, 5.74) is 1.07. The number of aliphatic hydroxyl groups is 1. The van der Waals surface area contributed by atoms with Gasteiger partial charge in [0, 0.05) is 5.75 Å². The van der Waals surface area contributed by atoms with Crippen molar-refractivity contribution in [2.45, 2.75) is 42.5 Å². The highest BCUT2D eigenvalue weighted by molar-refractivity contribution is 8.01. The fourth-order valence-electron chi connectivity index (χ4n) is 2.78. The Morgan fingerprint density at radius 2 is 2.11 bits per heavy atom. The Bertz CT molecular complexity index is 501. The molecule has 1 heterocycles. The van der Waals surface area contributed by atoms with E-state index in [1.165, 1.54) is 30.4 Å². The average Bonchev–Trinajstić information content (AvgIpc) is 3.04. The zero-order valence-corrected chi connectivity index (χ0v) is 12.6. The molecule has 102 valence electrons. The molecule has 19 heavy (non-hydrogen) atoms. The lowest BCUT2D eigenvalue weighted by Gasteiger charge is -2.14. The van der Waals surface area contributed by atoms with Crippen LogP contribution in [0.2, 0.25) is 0 Å². The van der Waals surface area contributed by atoms with E-state index in [4.69, 9.17) is 0 Å². The minimum Gasteiger partial charge on any atom is -0.392 e. The number of para-hydroxylation sites is 1. The Morgan fingerprint density at radius 3 is 2.89 bits per heavy atom. The molecule has 1 unspecified atom stereocenters. The molecule has 1 aliphatic carbocycles. The van der Waals surface area contributed by atoms with Gasteiger partial charge in [0.2, 0.25) is 0 Å². The van der Waals surface area contributed by atoms with Crippen molar-refractivity contribution in [3.05, 3.63) is 24.3 Å². The molecule has 3 rings (SSSR count). The van der Waals surface area contributed by atoms with Crippen LogP contribution < -0.4 is 0 Å². The molecule has 0 amide bonds. The van der Waals surface area contributed by atoms with Crippen molar-refractivity contribution in [2.75, 3.05) is 5.75 Å². The van der Waals surface area contributed by atoms with Gasteiger partial charge < -0.3 is 5.11 Å². The predicted molar refractivity (Wildman–Crippen MR) is 82.9 cm³/mol. The topological polar surface area (TPSA) is 33.1 Å². The first-order valence-corrected chi connectivity index (χ1v) is 8.78. The molecule has 0 saturated heterocycles. The van der Waals surface area contributed by atoms with Crippen LogP contribution in [-0.4, -0.2) is 21.9 Å². The van der Waals surface area contributed by atoms with Crippen molar-refractivity contribution < 1.29 is 5.11 Å². The van der Waals surface area contributed by atoms with Crippen molar-refractivity contribution in [3.63, 3.8) is 0 Å². The van der Waals surface area contributed by atoms with Gasteiger partial charge in [-0.25, -0.2) is 4.98 Å². The Balaban J connectivity index is 1.53. The van der Waals surface area contributed by atoms with E-state index in [1.54, 1.807) is 23.1 Å². The zero-order valence-electron chi connectivity index (χ0n) is 10.9. The monoisotopic (exact) mass is 293 g/mol. The molecule has 1 fully saturated rings. The summed E-state index contributed by atoms with van der Waals surface area (Å²) in [5, 5.41) is 10.1. The number of hydrogen-bond donors (Lipinski definition) is 1. The maximum absolute atomic E-state index is 10.1. The first-order valence-electron chi connectivity index (χ1n) is 6.98. The normalized spacial score (nSPS) is 18.2. The number of thiazole rings is 1. The third-order valence-corrected chi connectivity index (χ3v) is 6.08. The van der Waals surface area contributed by atoms with Gasteiger partial charge in [-0.3, -0.25) is 0 Å². The third kappa shape index (κ3) is 3.50. The summed E-state index contributed by atoms with van der Waals surface area (Å²) in [6.45, 7) is 0. The second-order valence-corrected chi connectivity index (χ2v) is 7.60. The van der Waals surface area contributed by atoms with Crippen molar-refractivity contribution in [1.82, 2.24) is 4.98 Å². The molecule has 2 nitrogen and oxygen atoms in total. The molecule has 0 radical (unpaired) electrons. The van der Waals surface area contributed by atoms with Crippen LogP contribution in [0.4, 0.5) is 0 Å². The van der Waals surface area contributed by atoms with Crippen LogP contribution in [-0.2, 0) is 0 Å². The van der Waals surface area contributed by atoms with Crippen LogP contribution >= 0.6 is 23.1 Å². The molecule has 0 aliphatic heterocycles. The van der Waals surface area contributed by atoms with E-state index in [0.717, 1.165) is 27.9 Å². The van der Waals surface area contributed by atoms with Gasteiger partial charge in [-0.1, -0.05) is 49.6 Å². The SMILES string of the molecule is OC(CSc1nc2ccccc2s1)CC1CCCC1. The number of rotatable bonds is 5. The quantitative estimate of drug-likeness (QED) is 0.833. The lowest BCUT2D eigenvalue weighted by Crippen LogP contribution is -2.14. The zero-order chi connectivity index (χ0) is 13.1. The summed E-state index contributed by atoms with van der Waals surface area (Å²) < 4.78 is 2.31. The van der Waals surface area contributed by atoms with Crippen LogP contribution in [0.15, 0.2) is 28.6 Å². The van der Waals surface area contributed by atoms with Crippen LogP contribution in [0.5, 0.6) is 0 Å². The van der Waals surface area contributed by atoms with Crippen molar-refractivity contribution in [3.8, 4) is 0 Å². The number of fused-ring (bicyclic) bond motifs is 1. The second-order valence-electron chi connectivity index (χ2n) is 5.30. The van der Waals surface area contributed by atoms with Gasteiger partial charge in [-0.15, -0.1) is 11.3 Å². The first kappa shape index (κ1) is 13.4. The fourth-order valence-corrected chi connectivity index (χ4v) is 4.82. The van der Waals surface area contributed by atoms with E-state index in [9.17, 15) is 5.11 Å². The molecule has 1 atom stereocenters. The lowest BCUT2D eigenvalue weighted by atomic mass is 10.0. The summed E-state index contributed by atoms with van der Waals surface area (Å²) in [6, 6.07) is 8.21. The maximum Gasteiger partial charge on any atom is 0.151 e. The van der Waals surface area contributed by atoms with Crippen LogP contribution in [0.3, 0.4) is 0 Å². The summed E-state index contributed by atoms with van der Waals surface area (Å²) in [7, 11) is 0. The van der Waals surface area contributed by atoms with E-state index in [2.05, 4.69) is 11.1 Å². The molecule has 0 bridgehead atoms. The van der Waals surface area contributed by atoms with E-state index in [-0.39, 0.29) is 6.10 Å². The molecule has 0 spiro atoms. The Morgan fingerprint density at radius 1 is 1.32 bits per heavy atom. The fraction of sp³-hybridized carbons (Fsp3) is 0.533. The molecular formula is C15H19NOS2. The summed E-state index contributed by atoms with van der Waals surface area (Å²) in [4.78, 5) is 4.59. The van der Waals surface area contributed by atoms with Gasteiger partial charge in [0.15, 0.2) is 4.34 Å². The van der Waals surface area contributed by atoms with Crippen LogP contribution in [0, 0.1) is 5.92 Å². The summed E-state index contributed by atoms with van der Waals surface area (Å²) >= 11 is 3.42. The van der Waals surface area contributed by atoms with Crippen LogP contribution in [0.25, 0.3) is 10.2 Å². The van der Waals surface area contributed by atoms with Crippen molar-refractivity contribution in [1.29, 1.82) is 0 Å². The molecule has 4 heteroatoms. The van der Waals surface area contributed by atoms with Gasteiger partial charge in [0.05, 0.1) is 16.3 Å². The number of aromatic nitrogens is 1. The van der Waals surface area contributed by atoms with Crippen molar-refractivity contribution >= 4 is 33.3 Å². The first-order chi connectivity index (χ1) is 9.31. The molecule has 1 aromatic carbocycles. The second kappa shape index (κ2) is 6.25. The average molecular weight is 293 g/mol. The molecule has 1 saturated carbocycles. The Kier molecular flexibility index (Phi) is 4.41. The lowest BCUT2D eigenvalue weighted by molar-refractivity contribution is 0.166. The van der Waals surface area contributed by atoms with Gasteiger partial charge >= 0.3 is 0 Å². The maximum atomic E-state index is 10.1. The minimum atomic E-state index is -0.180. The van der Waals surface area contributed by atoms with Gasteiger partial charge in [-0.05, 0) is 24.5 Å². The van der Waals surface area contributed by atoms with Gasteiger partial charge in [-0.2, -0.15) is 0 Å². The largest absolute Gasteiger partial charge is 0.392 e.